The summed E-state index contributed by atoms with van der Waals surface area (Å²) < 4.78 is 16.1. The molecule has 2 aromatic rings. The summed E-state index contributed by atoms with van der Waals surface area (Å²) in [5, 5.41) is 4.81. The molecule has 0 aromatic carbocycles. The third-order valence-electron chi connectivity index (χ3n) is 4.24. The van der Waals surface area contributed by atoms with E-state index < -0.39 is 0 Å². The van der Waals surface area contributed by atoms with Crippen molar-refractivity contribution in [1.29, 1.82) is 0 Å². The summed E-state index contributed by atoms with van der Waals surface area (Å²) in [6.45, 7) is 4.19. The number of halogens is 2. The highest BCUT2D eigenvalue weighted by Gasteiger charge is 2.28. The van der Waals surface area contributed by atoms with Crippen LogP contribution in [0.4, 0.5) is 4.39 Å². The highest BCUT2D eigenvalue weighted by Crippen LogP contribution is 2.40. The molecule has 0 N–H and O–H groups in total. The Labute approximate surface area is 129 Å². The summed E-state index contributed by atoms with van der Waals surface area (Å²) in [4.78, 5) is 4.44. The van der Waals surface area contributed by atoms with Gasteiger partial charge in [-0.2, -0.15) is 5.10 Å². The van der Waals surface area contributed by atoms with Crippen LogP contribution >= 0.6 is 11.6 Å². The Morgan fingerprint density at radius 3 is 2.86 bits per heavy atom. The fourth-order valence-corrected chi connectivity index (χ4v) is 2.96. The fraction of sp³-hybridized carbons (Fsp3) is 0.625. The lowest BCUT2D eigenvalue weighted by atomic mass is 10.00. The van der Waals surface area contributed by atoms with Gasteiger partial charge in [-0.15, -0.1) is 0 Å². The highest BCUT2D eigenvalue weighted by molar-refractivity contribution is 6.29. The van der Waals surface area contributed by atoms with Gasteiger partial charge in [0.05, 0.1) is 0 Å². The zero-order valence-corrected chi connectivity index (χ0v) is 13.3. The molecule has 0 radical (unpaired) electrons. The number of aromatic nitrogens is 3. The average molecular weight is 310 g/mol. The smallest absolute Gasteiger partial charge is 0.193 e. The maximum Gasteiger partial charge on any atom is 0.193 e. The lowest BCUT2D eigenvalue weighted by molar-refractivity contribution is 0.546. The molecule has 0 amide bonds. The molecule has 1 aliphatic rings. The summed E-state index contributed by atoms with van der Waals surface area (Å²) in [7, 11) is 0. The van der Waals surface area contributed by atoms with Crippen molar-refractivity contribution in [3.8, 4) is 0 Å². The van der Waals surface area contributed by atoms with Crippen molar-refractivity contribution in [2.24, 2.45) is 0 Å². The zero-order chi connectivity index (χ0) is 15.0. The van der Waals surface area contributed by atoms with Crippen LogP contribution in [0.1, 0.15) is 75.6 Å². The van der Waals surface area contributed by atoms with E-state index in [4.69, 9.17) is 11.6 Å². The first-order chi connectivity index (χ1) is 10.1. The van der Waals surface area contributed by atoms with Crippen LogP contribution in [-0.2, 0) is 0 Å². The molecule has 0 bridgehead atoms. The van der Waals surface area contributed by atoms with E-state index in [0.717, 1.165) is 31.4 Å². The van der Waals surface area contributed by atoms with Crippen molar-refractivity contribution in [3.63, 3.8) is 0 Å². The molecular formula is C16H21ClFN3. The normalized spacial score (nSPS) is 16.6. The Morgan fingerprint density at radius 1 is 1.43 bits per heavy atom. The molecule has 0 aliphatic heterocycles. The fourth-order valence-electron chi connectivity index (χ4n) is 2.73. The molecule has 21 heavy (non-hydrogen) atoms. The molecule has 1 saturated carbocycles. The van der Waals surface area contributed by atoms with E-state index in [1.165, 1.54) is 17.4 Å². The van der Waals surface area contributed by atoms with Crippen LogP contribution in [-0.4, -0.2) is 14.6 Å². The molecule has 0 spiro atoms. The Balaban J connectivity index is 1.93. The predicted octanol–water partition coefficient (Wildman–Crippen LogP) is 5.08. The standard InChI is InChI=1S/C16H21ClFN3/c1-3-4-5-6-10(2)15-14(18)16-19-12(11-7-8-11)9-13(17)21(16)20-15/h9-11H,3-8H2,1-2H3/t10-/m0/s1. The Kier molecular flexibility index (Phi) is 4.16. The molecule has 2 aromatic heterocycles. The Morgan fingerprint density at radius 2 is 2.19 bits per heavy atom. The molecule has 0 saturated heterocycles. The lowest BCUT2D eigenvalue weighted by Gasteiger charge is -2.07. The molecule has 1 atom stereocenters. The first kappa shape index (κ1) is 14.8. The second kappa shape index (κ2) is 5.91. The molecule has 114 valence electrons. The number of fused-ring (bicyclic) bond motifs is 1. The molecule has 5 heteroatoms. The SMILES string of the molecule is CCCCC[C@H](C)c1nn2c(Cl)cc(C3CC3)nc2c1F. The molecule has 3 nitrogen and oxygen atoms in total. The summed E-state index contributed by atoms with van der Waals surface area (Å²) in [6.07, 6.45) is 6.62. The van der Waals surface area contributed by atoms with Gasteiger partial charge in [0.15, 0.2) is 11.5 Å². The minimum Gasteiger partial charge on any atom is -0.231 e. The summed E-state index contributed by atoms with van der Waals surface area (Å²) in [5.41, 5.74) is 1.67. The first-order valence-electron chi connectivity index (χ1n) is 7.86. The average Bonchev–Trinajstić information content (AvgIpc) is 3.25. The molecule has 2 heterocycles. The van der Waals surface area contributed by atoms with E-state index in [0.29, 0.717) is 16.8 Å². The monoisotopic (exact) mass is 309 g/mol. The van der Waals surface area contributed by atoms with Crippen molar-refractivity contribution in [1.82, 2.24) is 14.6 Å². The van der Waals surface area contributed by atoms with Crippen LogP contribution in [0.5, 0.6) is 0 Å². The third-order valence-corrected chi connectivity index (χ3v) is 4.51. The van der Waals surface area contributed by atoms with Gasteiger partial charge in [0.1, 0.15) is 10.8 Å². The van der Waals surface area contributed by atoms with Crippen molar-refractivity contribution in [3.05, 3.63) is 28.4 Å². The first-order valence-corrected chi connectivity index (χ1v) is 8.24. The minimum absolute atomic E-state index is 0.0960. The van der Waals surface area contributed by atoms with Gasteiger partial charge in [-0.05, 0) is 25.3 Å². The number of nitrogens with zero attached hydrogens (tertiary/aromatic N) is 3. The minimum atomic E-state index is -0.302. The van der Waals surface area contributed by atoms with Gasteiger partial charge in [-0.3, -0.25) is 0 Å². The zero-order valence-electron chi connectivity index (χ0n) is 12.6. The Bertz CT molecular complexity index is 648. The van der Waals surface area contributed by atoms with Crippen LogP contribution < -0.4 is 0 Å². The van der Waals surface area contributed by atoms with E-state index in [1.54, 1.807) is 0 Å². The van der Waals surface area contributed by atoms with Crippen molar-refractivity contribution < 1.29 is 4.39 Å². The molecule has 1 fully saturated rings. The second-order valence-corrected chi connectivity index (χ2v) is 6.50. The summed E-state index contributed by atoms with van der Waals surface area (Å²) >= 11 is 6.24. The summed E-state index contributed by atoms with van der Waals surface area (Å²) in [6, 6.07) is 1.82. The van der Waals surface area contributed by atoms with Crippen LogP contribution in [0.25, 0.3) is 5.65 Å². The maximum atomic E-state index is 14.6. The van der Waals surface area contributed by atoms with E-state index in [2.05, 4.69) is 17.0 Å². The quantitative estimate of drug-likeness (QED) is 0.550. The van der Waals surface area contributed by atoms with Gasteiger partial charge in [0.2, 0.25) is 0 Å². The molecule has 1 aliphatic carbocycles. The third kappa shape index (κ3) is 2.91. The summed E-state index contributed by atoms with van der Waals surface area (Å²) in [5.74, 6) is 0.245. The van der Waals surface area contributed by atoms with E-state index in [1.807, 2.05) is 13.0 Å². The second-order valence-electron chi connectivity index (χ2n) is 6.11. The van der Waals surface area contributed by atoms with Gasteiger partial charge >= 0.3 is 0 Å². The van der Waals surface area contributed by atoms with Crippen LogP contribution in [0.2, 0.25) is 5.15 Å². The van der Waals surface area contributed by atoms with E-state index >= 15 is 0 Å². The van der Waals surface area contributed by atoms with Gasteiger partial charge in [-0.25, -0.2) is 13.9 Å². The molecular weight excluding hydrogens is 289 g/mol. The number of unbranched alkanes of at least 4 members (excludes halogenated alkanes) is 2. The largest absolute Gasteiger partial charge is 0.231 e. The van der Waals surface area contributed by atoms with E-state index in [-0.39, 0.29) is 17.4 Å². The predicted molar refractivity (Wildman–Crippen MR) is 82.5 cm³/mol. The number of hydrogen-bond acceptors (Lipinski definition) is 2. The van der Waals surface area contributed by atoms with Crippen LogP contribution in [0, 0.1) is 5.82 Å². The van der Waals surface area contributed by atoms with Crippen LogP contribution in [0.3, 0.4) is 0 Å². The molecule has 0 unspecified atom stereocenters. The van der Waals surface area contributed by atoms with Crippen molar-refractivity contribution in [2.45, 2.75) is 64.2 Å². The number of hydrogen-bond donors (Lipinski definition) is 0. The van der Waals surface area contributed by atoms with Gasteiger partial charge in [0.25, 0.3) is 0 Å². The van der Waals surface area contributed by atoms with Gasteiger partial charge < -0.3 is 0 Å². The lowest BCUT2D eigenvalue weighted by Crippen LogP contribution is -1.98. The molecule has 3 rings (SSSR count). The Hall–Kier alpha value is -1.16. The van der Waals surface area contributed by atoms with Gasteiger partial charge in [-0.1, -0.05) is 44.7 Å². The highest BCUT2D eigenvalue weighted by atomic mass is 35.5. The van der Waals surface area contributed by atoms with Crippen LogP contribution in [0.15, 0.2) is 6.07 Å². The topological polar surface area (TPSA) is 30.2 Å². The number of rotatable bonds is 6. The van der Waals surface area contributed by atoms with Crippen molar-refractivity contribution in [2.75, 3.05) is 0 Å². The maximum absolute atomic E-state index is 14.6. The van der Waals surface area contributed by atoms with Crippen molar-refractivity contribution >= 4 is 17.2 Å². The van der Waals surface area contributed by atoms with E-state index in [9.17, 15) is 4.39 Å². The van der Waals surface area contributed by atoms with Gasteiger partial charge in [0, 0.05) is 17.5 Å².